The molecular formula is C12H8FN5O3. The van der Waals surface area contributed by atoms with Crippen molar-refractivity contribution in [1.29, 1.82) is 0 Å². The predicted molar refractivity (Wildman–Crippen MR) is 68.6 cm³/mol. The largest absolute Gasteiger partial charge is 0.481 e. The Morgan fingerprint density at radius 1 is 1.43 bits per heavy atom. The first-order valence-corrected chi connectivity index (χ1v) is 5.82. The number of ether oxygens (including phenoxy) is 1. The molecule has 0 saturated carbocycles. The number of hydrogen-bond acceptors (Lipinski definition) is 5. The van der Waals surface area contributed by atoms with E-state index in [0.29, 0.717) is 0 Å². The fourth-order valence-electron chi connectivity index (χ4n) is 1.99. The summed E-state index contributed by atoms with van der Waals surface area (Å²) in [7, 11) is 0. The molecule has 0 unspecified atom stereocenters. The van der Waals surface area contributed by atoms with E-state index >= 15 is 0 Å². The van der Waals surface area contributed by atoms with Crippen LogP contribution >= 0.6 is 0 Å². The molecule has 0 atom stereocenters. The van der Waals surface area contributed by atoms with Gasteiger partial charge < -0.3 is 4.74 Å². The molecule has 0 bridgehead atoms. The van der Waals surface area contributed by atoms with Gasteiger partial charge in [-0.15, -0.1) is 6.42 Å². The van der Waals surface area contributed by atoms with Crippen LogP contribution in [0, 0.1) is 18.2 Å². The van der Waals surface area contributed by atoms with Gasteiger partial charge >= 0.3 is 5.69 Å². The fraction of sp³-hybridized carbons (Fsp3) is 0.167. The van der Waals surface area contributed by atoms with Gasteiger partial charge in [0.1, 0.15) is 11.4 Å². The second-order valence-corrected chi connectivity index (χ2v) is 4.16. The number of fused-ring (bicyclic) bond motifs is 1. The van der Waals surface area contributed by atoms with Crippen LogP contribution in [0.25, 0.3) is 5.69 Å². The van der Waals surface area contributed by atoms with Crippen LogP contribution < -0.4 is 15.3 Å². The Hall–Kier alpha value is -3.15. The molecule has 1 aromatic heterocycles. The zero-order valence-electron chi connectivity index (χ0n) is 10.5. The molecule has 0 saturated heterocycles. The van der Waals surface area contributed by atoms with E-state index in [4.69, 9.17) is 11.2 Å². The maximum Gasteiger partial charge on any atom is 0.365 e. The molecule has 2 heterocycles. The molecule has 3 rings (SSSR count). The summed E-state index contributed by atoms with van der Waals surface area (Å²) in [6.45, 7) is -0.217. The molecule has 1 N–H and O–H groups in total. The Kier molecular flexibility index (Phi) is 2.91. The molecule has 2 aromatic rings. The summed E-state index contributed by atoms with van der Waals surface area (Å²) in [5.41, 5.74) is -0.594. The Balaban J connectivity index is 2.19. The average molecular weight is 289 g/mol. The Morgan fingerprint density at radius 3 is 2.90 bits per heavy atom. The number of benzene rings is 1. The Labute approximate surface area is 117 Å². The van der Waals surface area contributed by atoms with Crippen molar-refractivity contribution in [2.24, 2.45) is 0 Å². The summed E-state index contributed by atoms with van der Waals surface area (Å²) in [6.07, 6.45) is 5.22. The monoisotopic (exact) mass is 289 g/mol. The van der Waals surface area contributed by atoms with E-state index in [1.165, 1.54) is 11.0 Å². The quantitative estimate of drug-likeness (QED) is 0.749. The number of hydrogen-bond donors (Lipinski definition) is 1. The molecule has 0 spiro atoms. The van der Waals surface area contributed by atoms with E-state index in [-0.39, 0.29) is 36.2 Å². The van der Waals surface area contributed by atoms with Gasteiger partial charge in [0.2, 0.25) is 0 Å². The number of rotatable bonds is 2. The van der Waals surface area contributed by atoms with Crippen molar-refractivity contribution in [3.05, 3.63) is 28.4 Å². The number of aromatic amines is 1. The van der Waals surface area contributed by atoms with Crippen LogP contribution in [0.2, 0.25) is 0 Å². The minimum atomic E-state index is -0.736. The topological polar surface area (TPSA) is 93.1 Å². The van der Waals surface area contributed by atoms with Crippen LogP contribution in [-0.4, -0.2) is 39.3 Å². The van der Waals surface area contributed by atoms with E-state index in [1.54, 1.807) is 0 Å². The van der Waals surface area contributed by atoms with Gasteiger partial charge in [-0.05, 0) is 16.5 Å². The van der Waals surface area contributed by atoms with E-state index in [2.05, 4.69) is 21.4 Å². The highest BCUT2D eigenvalue weighted by Gasteiger charge is 2.27. The van der Waals surface area contributed by atoms with E-state index < -0.39 is 11.5 Å². The van der Waals surface area contributed by atoms with Crippen LogP contribution in [0.1, 0.15) is 0 Å². The van der Waals surface area contributed by atoms with Crippen molar-refractivity contribution in [3.8, 4) is 23.8 Å². The number of anilines is 1. The number of nitrogens with one attached hydrogen (secondary N) is 1. The van der Waals surface area contributed by atoms with Crippen LogP contribution in [0.3, 0.4) is 0 Å². The first-order chi connectivity index (χ1) is 10.1. The molecule has 106 valence electrons. The molecule has 1 amide bonds. The van der Waals surface area contributed by atoms with Crippen molar-refractivity contribution in [3.63, 3.8) is 0 Å². The smallest absolute Gasteiger partial charge is 0.365 e. The average Bonchev–Trinajstić information content (AvgIpc) is 2.88. The Morgan fingerprint density at radius 2 is 2.24 bits per heavy atom. The first kappa shape index (κ1) is 12.9. The molecular weight excluding hydrogens is 281 g/mol. The zero-order valence-corrected chi connectivity index (χ0v) is 10.5. The highest BCUT2D eigenvalue weighted by atomic mass is 19.1. The number of carbonyl (C=O) groups is 1. The highest BCUT2D eigenvalue weighted by molar-refractivity contribution is 5.98. The standard InChI is InChI=1S/C12H8FN5O3/c1-2-3-17-9-5-8(18-12(20)14-15-16-18)7(13)4-10(9)21-6-11(17)19/h1,4-5H,3,6H2,(H,14,16,20). The maximum absolute atomic E-state index is 14.1. The van der Waals surface area contributed by atoms with Crippen LogP contribution in [-0.2, 0) is 4.79 Å². The molecule has 0 radical (unpaired) electrons. The highest BCUT2D eigenvalue weighted by Crippen LogP contribution is 2.35. The normalized spacial score (nSPS) is 13.5. The summed E-state index contributed by atoms with van der Waals surface area (Å²) in [5, 5.41) is 8.80. The summed E-state index contributed by atoms with van der Waals surface area (Å²) in [5.74, 6) is 1.42. The van der Waals surface area contributed by atoms with Gasteiger partial charge in [-0.3, -0.25) is 9.69 Å². The summed E-state index contributed by atoms with van der Waals surface area (Å²) >= 11 is 0. The molecule has 0 aliphatic carbocycles. The second-order valence-electron chi connectivity index (χ2n) is 4.16. The van der Waals surface area contributed by atoms with Gasteiger partial charge in [0.25, 0.3) is 5.91 Å². The van der Waals surface area contributed by atoms with Crippen molar-refractivity contribution in [1.82, 2.24) is 20.2 Å². The fourth-order valence-corrected chi connectivity index (χ4v) is 1.99. The molecule has 21 heavy (non-hydrogen) atoms. The number of tetrazole rings is 1. The zero-order chi connectivity index (χ0) is 15.0. The number of amides is 1. The number of terminal acetylenes is 1. The molecule has 9 heteroatoms. The van der Waals surface area contributed by atoms with E-state index in [9.17, 15) is 14.0 Å². The lowest BCUT2D eigenvalue weighted by atomic mass is 10.2. The third-order valence-electron chi connectivity index (χ3n) is 2.92. The SMILES string of the molecule is C#CCN1C(=O)COc2cc(F)c(-n3nn[nH]c3=O)cc21. The summed E-state index contributed by atoms with van der Waals surface area (Å²) < 4.78 is 20.0. The number of halogens is 1. The molecule has 1 aliphatic heterocycles. The van der Waals surface area contributed by atoms with Gasteiger partial charge in [0.05, 0.1) is 12.2 Å². The predicted octanol–water partition coefficient (Wildman–Crippen LogP) is -0.547. The van der Waals surface area contributed by atoms with Gasteiger partial charge in [-0.1, -0.05) is 5.92 Å². The van der Waals surface area contributed by atoms with Gasteiger partial charge in [0.15, 0.2) is 12.4 Å². The third kappa shape index (κ3) is 2.02. The lowest BCUT2D eigenvalue weighted by Crippen LogP contribution is -2.39. The second kappa shape index (κ2) is 4.75. The van der Waals surface area contributed by atoms with Crippen LogP contribution in [0.15, 0.2) is 16.9 Å². The lowest BCUT2D eigenvalue weighted by Gasteiger charge is -2.28. The first-order valence-electron chi connectivity index (χ1n) is 5.82. The Bertz CT molecular complexity index is 819. The van der Waals surface area contributed by atoms with Crippen molar-refractivity contribution in [2.45, 2.75) is 0 Å². The molecule has 8 nitrogen and oxygen atoms in total. The van der Waals surface area contributed by atoms with E-state index in [1.807, 2.05) is 0 Å². The number of aromatic nitrogens is 4. The van der Waals surface area contributed by atoms with Gasteiger partial charge in [-0.2, -0.15) is 4.68 Å². The summed E-state index contributed by atoms with van der Waals surface area (Å²) in [4.78, 5) is 24.6. The summed E-state index contributed by atoms with van der Waals surface area (Å²) in [6, 6.07) is 2.34. The molecule has 1 aliphatic rings. The van der Waals surface area contributed by atoms with Gasteiger partial charge in [0, 0.05) is 6.07 Å². The number of H-pyrrole nitrogens is 1. The molecule has 1 aromatic carbocycles. The van der Waals surface area contributed by atoms with Crippen molar-refractivity contribution in [2.75, 3.05) is 18.1 Å². The van der Waals surface area contributed by atoms with Crippen LogP contribution in [0.4, 0.5) is 10.1 Å². The van der Waals surface area contributed by atoms with Gasteiger partial charge in [-0.25, -0.2) is 14.3 Å². The minimum absolute atomic E-state index is 0.00792. The van der Waals surface area contributed by atoms with Crippen molar-refractivity contribution >= 4 is 11.6 Å². The molecule has 0 fully saturated rings. The van der Waals surface area contributed by atoms with E-state index in [0.717, 1.165) is 10.7 Å². The van der Waals surface area contributed by atoms with Crippen molar-refractivity contribution < 1.29 is 13.9 Å². The number of nitrogens with zero attached hydrogens (tertiary/aromatic N) is 4. The third-order valence-corrected chi connectivity index (χ3v) is 2.92. The lowest BCUT2D eigenvalue weighted by molar-refractivity contribution is -0.121. The van der Waals surface area contributed by atoms with Crippen LogP contribution in [0.5, 0.6) is 5.75 Å². The number of carbonyl (C=O) groups excluding carboxylic acids is 1. The maximum atomic E-state index is 14.1. The minimum Gasteiger partial charge on any atom is -0.481 e.